The average molecular weight is 839 g/mol. The monoisotopic (exact) mass is 838 g/mol. The number of fused-ring (bicyclic) bond motifs is 8. The van der Waals surface area contributed by atoms with E-state index in [1.807, 2.05) is 30.5 Å². The summed E-state index contributed by atoms with van der Waals surface area (Å²) in [6.07, 6.45) is 5.61. The van der Waals surface area contributed by atoms with Gasteiger partial charge in [-0.15, -0.1) is 41.8 Å². The predicted molar refractivity (Wildman–Crippen MR) is 204 cm³/mol. The third-order valence-corrected chi connectivity index (χ3v) is 9.42. The van der Waals surface area contributed by atoms with Crippen molar-refractivity contribution in [1.29, 1.82) is 0 Å². The molecule has 1 aliphatic rings. The second-order valence-electron chi connectivity index (χ2n) is 13.6. The Kier molecular flexibility index (Phi) is 8.29. The zero-order valence-electron chi connectivity index (χ0n) is 28.4. The van der Waals surface area contributed by atoms with Crippen LogP contribution in [0.4, 0.5) is 11.4 Å². The van der Waals surface area contributed by atoms with Crippen LogP contribution in [0.15, 0.2) is 146 Å². The van der Waals surface area contributed by atoms with Crippen LogP contribution in [0.3, 0.4) is 0 Å². The van der Waals surface area contributed by atoms with E-state index in [1.54, 1.807) is 0 Å². The molecule has 8 aromatic rings. The Labute approximate surface area is 312 Å². The zero-order chi connectivity index (χ0) is 33.8. The van der Waals surface area contributed by atoms with Crippen LogP contribution in [-0.4, -0.2) is 15.8 Å². The van der Waals surface area contributed by atoms with E-state index in [4.69, 9.17) is 9.72 Å². The maximum Gasteiger partial charge on any atom is 0.177 e. The maximum absolute atomic E-state index is 6.55. The Morgan fingerprint density at radius 1 is 0.627 bits per heavy atom. The van der Waals surface area contributed by atoms with Gasteiger partial charge in [-0.25, -0.2) is 4.98 Å². The normalized spacial score (nSPS) is 12.2. The van der Waals surface area contributed by atoms with Crippen LogP contribution in [0.2, 0.25) is 0 Å². The van der Waals surface area contributed by atoms with Crippen molar-refractivity contribution in [1.82, 2.24) is 14.1 Å². The van der Waals surface area contributed by atoms with Gasteiger partial charge in [0.2, 0.25) is 0 Å². The molecular formula is C46H33N3OPt-2. The Hall–Kier alpha value is -5.57. The fourth-order valence-corrected chi connectivity index (χ4v) is 6.96. The third kappa shape index (κ3) is 5.80. The Bertz CT molecular complexity index is 2630. The molecule has 0 saturated heterocycles. The SMILES string of the molecule is CC(C)(C)c1ccnc(-n2c3[c-]c(Oc4[c-]c([N+]5=[C-]c6ccccc6-c6ccccc6-c6ccccc65)ccc4)ccc3c3ccccc32)c1.[Pt]. The number of pyridine rings is 1. The second-order valence-corrected chi connectivity index (χ2v) is 13.6. The largest absolute Gasteiger partial charge is 0.510 e. The summed E-state index contributed by atoms with van der Waals surface area (Å²) in [5.41, 5.74) is 10.7. The quantitative estimate of drug-likeness (QED) is 0.131. The van der Waals surface area contributed by atoms with Gasteiger partial charge in [0.1, 0.15) is 5.82 Å². The first kappa shape index (κ1) is 32.6. The molecule has 0 radical (unpaired) electrons. The molecule has 0 N–H and O–H groups in total. The van der Waals surface area contributed by atoms with Crippen LogP contribution >= 0.6 is 0 Å². The van der Waals surface area contributed by atoms with Gasteiger partial charge in [-0.2, -0.15) is 12.1 Å². The van der Waals surface area contributed by atoms with Crippen molar-refractivity contribution in [2.45, 2.75) is 26.2 Å². The molecule has 1 aliphatic heterocycles. The molecule has 0 unspecified atom stereocenters. The molecule has 250 valence electrons. The number of hydrogen-bond acceptors (Lipinski definition) is 2. The van der Waals surface area contributed by atoms with E-state index in [0.717, 1.165) is 55.7 Å². The van der Waals surface area contributed by atoms with Crippen LogP contribution in [0.25, 0.3) is 49.9 Å². The first-order chi connectivity index (χ1) is 24.4. The van der Waals surface area contributed by atoms with Crippen molar-refractivity contribution in [2.24, 2.45) is 0 Å². The summed E-state index contributed by atoms with van der Waals surface area (Å²) in [7, 11) is 0. The average Bonchev–Trinajstić information content (AvgIpc) is 3.47. The third-order valence-electron chi connectivity index (χ3n) is 9.42. The molecule has 51 heavy (non-hydrogen) atoms. The minimum absolute atomic E-state index is 0. The van der Waals surface area contributed by atoms with Crippen molar-refractivity contribution in [3.63, 3.8) is 0 Å². The number of aromatic nitrogens is 2. The molecule has 5 heteroatoms. The van der Waals surface area contributed by atoms with E-state index in [0.29, 0.717) is 11.5 Å². The molecule has 6 aromatic carbocycles. The predicted octanol–water partition coefficient (Wildman–Crippen LogP) is 11.3. The van der Waals surface area contributed by atoms with Gasteiger partial charge in [-0.1, -0.05) is 111 Å². The van der Waals surface area contributed by atoms with Crippen molar-refractivity contribution in [2.75, 3.05) is 0 Å². The second kappa shape index (κ2) is 13.0. The number of nitrogens with zero attached hydrogens (tertiary/aromatic N) is 3. The summed E-state index contributed by atoms with van der Waals surface area (Å²) in [5.74, 6) is 2.04. The van der Waals surface area contributed by atoms with E-state index in [-0.39, 0.29) is 26.5 Å². The van der Waals surface area contributed by atoms with E-state index in [2.05, 4.69) is 164 Å². The zero-order valence-corrected chi connectivity index (χ0v) is 30.7. The van der Waals surface area contributed by atoms with Crippen molar-refractivity contribution in [3.05, 3.63) is 169 Å². The molecule has 0 atom stereocenters. The van der Waals surface area contributed by atoms with E-state index >= 15 is 0 Å². The van der Waals surface area contributed by atoms with Crippen molar-refractivity contribution >= 4 is 39.4 Å². The van der Waals surface area contributed by atoms with E-state index < -0.39 is 0 Å². The fourth-order valence-electron chi connectivity index (χ4n) is 6.96. The summed E-state index contributed by atoms with van der Waals surface area (Å²) in [4.78, 5) is 4.82. The molecule has 0 aliphatic carbocycles. The Balaban J connectivity index is 0.00000374. The van der Waals surface area contributed by atoms with Crippen LogP contribution in [-0.2, 0) is 26.5 Å². The van der Waals surface area contributed by atoms with Crippen molar-refractivity contribution in [3.8, 4) is 39.6 Å². The molecule has 2 aromatic heterocycles. The number of hydrogen-bond donors (Lipinski definition) is 0. The number of benzene rings is 6. The molecule has 0 fully saturated rings. The fraction of sp³-hybridized carbons (Fsp3) is 0.0870. The summed E-state index contributed by atoms with van der Waals surface area (Å²) in [6, 6.07) is 55.4. The Morgan fingerprint density at radius 2 is 1.31 bits per heavy atom. The van der Waals surface area contributed by atoms with Crippen molar-refractivity contribution < 1.29 is 25.8 Å². The minimum atomic E-state index is -0.0113. The molecule has 0 saturated carbocycles. The molecule has 0 bridgehead atoms. The van der Waals surface area contributed by atoms with Gasteiger partial charge in [0.15, 0.2) is 11.9 Å². The summed E-state index contributed by atoms with van der Waals surface area (Å²) >= 11 is 0. The molecule has 0 spiro atoms. The summed E-state index contributed by atoms with van der Waals surface area (Å²) in [5, 5.41) is 2.24. The van der Waals surface area contributed by atoms with Gasteiger partial charge in [-0.3, -0.25) is 4.58 Å². The summed E-state index contributed by atoms with van der Waals surface area (Å²) in [6.45, 7) is 6.67. The number of ether oxygens (including phenoxy) is 1. The van der Waals surface area contributed by atoms with E-state index in [1.165, 1.54) is 16.7 Å². The number of rotatable bonds is 4. The minimum Gasteiger partial charge on any atom is -0.510 e. The van der Waals surface area contributed by atoms with Gasteiger partial charge >= 0.3 is 0 Å². The smallest absolute Gasteiger partial charge is 0.177 e. The standard InChI is InChI=1S/C46H33N3O.Pt/c1-46(2,3)32-25-26-47-45(27-32)49-43-22-11-9-20-40(43)41-24-23-35(29-44(41)49)50-34-15-12-14-33(28-34)48-30-31-13-4-5-16-36(31)37-17-6-7-18-38(37)39-19-8-10-21-42(39)48;/h4-27H,1-3H3;/q-2;. The molecule has 3 heterocycles. The molecular weight excluding hydrogens is 806 g/mol. The van der Waals surface area contributed by atoms with Crippen LogP contribution in [0.1, 0.15) is 31.9 Å². The topological polar surface area (TPSA) is 30.1 Å². The van der Waals surface area contributed by atoms with Gasteiger partial charge in [0, 0.05) is 55.5 Å². The first-order valence-electron chi connectivity index (χ1n) is 16.9. The first-order valence-corrected chi connectivity index (χ1v) is 16.9. The van der Waals surface area contributed by atoms with E-state index in [9.17, 15) is 0 Å². The van der Waals surface area contributed by atoms with Crippen LogP contribution in [0.5, 0.6) is 11.5 Å². The molecule has 9 rings (SSSR count). The molecule has 0 amide bonds. The van der Waals surface area contributed by atoms with Crippen LogP contribution in [0, 0.1) is 12.1 Å². The van der Waals surface area contributed by atoms with Gasteiger partial charge in [0.05, 0.1) is 0 Å². The van der Waals surface area contributed by atoms with Crippen LogP contribution < -0.4 is 9.31 Å². The maximum atomic E-state index is 6.55. The number of para-hydroxylation sites is 2. The molecule has 4 nitrogen and oxygen atoms in total. The van der Waals surface area contributed by atoms with Gasteiger partial charge in [-0.05, 0) is 57.3 Å². The summed E-state index contributed by atoms with van der Waals surface area (Å²) < 4.78 is 10.8. The van der Waals surface area contributed by atoms with Gasteiger partial charge < -0.3 is 9.30 Å². The van der Waals surface area contributed by atoms with Gasteiger partial charge in [0.25, 0.3) is 0 Å². The Morgan fingerprint density at radius 3 is 2.14 bits per heavy atom.